The summed E-state index contributed by atoms with van der Waals surface area (Å²) >= 11 is 0. The van der Waals surface area contributed by atoms with Crippen LogP contribution in [0, 0.1) is 17.7 Å². The third kappa shape index (κ3) is 7.03. The van der Waals surface area contributed by atoms with Gasteiger partial charge in [-0.15, -0.1) is 12.4 Å². The van der Waals surface area contributed by atoms with Gasteiger partial charge in [0.2, 0.25) is 15.9 Å². The molecule has 1 aromatic carbocycles. The molecule has 0 radical (unpaired) electrons. The van der Waals surface area contributed by atoms with Gasteiger partial charge in [-0.3, -0.25) is 4.79 Å². The molecule has 9 heteroatoms. The van der Waals surface area contributed by atoms with Crippen LogP contribution in [-0.4, -0.2) is 40.0 Å². The largest absolute Gasteiger partial charge is 0.355 e. The highest BCUT2D eigenvalue weighted by molar-refractivity contribution is 7.89. The quantitative estimate of drug-likeness (QED) is 0.599. The number of hydrogen-bond donors (Lipinski definition) is 3. The third-order valence-electron chi connectivity index (χ3n) is 4.61. The van der Waals surface area contributed by atoms with E-state index in [-0.39, 0.29) is 24.2 Å². The Labute approximate surface area is 167 Å². The Morgan fingerprint density at radius 2 is 2.04 bits per heavy atom. The van der Waals surface area contributed by atoms with E-state index in [9.17, 15) is 17.6 Å². The number of nitrogens with one attached hydrogen (secondary N) is 3. The maximum Gasteiger partial charge on any atom is 0.244 e. The molecule has 1 heterocycles. The van der Waals surface area contributed by atoms with Gasteiger partial charge in [0.1, 0.15) is 16.8 Å². The van der Waals surface area contributed by atoms with Gasteiger partial charge in [0.15, 0.2) is 0 Å². The van der Waals surface area contributed by atoms with Crippen LogP contribution < -0.4 is 15.4 Å². The van der Waals surface area contributed by atoms with Gasteiger partial charge < -0.3 is 10.6 Å². The highest BCUT2D eigenvalue weighted by Crippen LogP contribution is 2.16. The van der Waals surface area contributed by atoms with Crippen molar-refractivity contribution in [3.63, 3.8) is 0 Å². The van der Waals surface area contributed by atoms with Gasteiger partial charge in [0.25, 0.3) is 0 Å². The minimum atomic E-state index is -4.12. The van der Waals surface area contributed by atoms with Crippen molar-refractivity contribution in [2.24, 2.45) is 11.8 Å². The molecule has 0 aliphatic carbocycles. The SMILES string of the molecule is CC(C)C(NS(=O)(=O)c1ccccc1F)C(=O)NCCC1CCCNC1.Cl. The average Bonchev–Trinajstić information content (AvgIpc) is 2.60. The van der Waals surface area contributed by atoms with Gasteiger partial charge >= 0.3 is 0 Å². The highest BCUT2D eigenvalue weighted by Gasteiger charge is 2.29. The van der Waals surface area contributed by atoms with E-state index >= 15 is 0 Å². The Balaban J connectivity index is 0.00000364. The first-order valence-corrected chi connectivity index (χ1v) is 10.5. The minimum Gasteiger partial charge on any atom is -0.355 e. The lowest BCUT2D eigenvalue weighted by molar-refractivity contribution is -0.123. The van der Waals surface area contributed by atoms with Crippen molar-refractivity contribution in [1.82, 2.24) is 15.4 Å². The van der Waals surface area contributed by atoms with Crippen LogP contribution in [0.2, 0.25) is 0 Å². The van der Waals surface area contributed by atoms with Gasteiger partial charge in [-0.05, 0) is 56.3 Å². The molecule has 1 aliphatic rings. The summed E-state index contributed by atoms with van der Waals surface area (Å²) in [5.74, 6) is -0.971. The molecule has 3 N–H and O–H groups in total. The summed E-state index contributed by atoms with van der Waals surface area (Å²) in [4.78, 5) is 12.0. The number of piperidine rings is 1. The fourth-order valence-electron chi connectivity index (χ4n) is 3.07. The first-order valence-electron chi connectivity index (χ1n) is 9.06. The Morgan fingerprint density at radius 1 is 1.33 bits per heavy atom. The first kappa shape index (κ1) is 23.8. The second-order valence-electron chi connectivity index (χ2n) is 7.07. The second kappa shape index (κ2) is 10.9. The maximum atomic E-state index is 13.8. The predicted octanol–water partition coefficient (Wildman–Crippen LogP) is 2.06. The molecule has 154 valence electrons. The Hall–Kier alpha value is -1.22. The first-order chi connectivity index (χ1) is 12.3. The molecule has 1 amide bonds. The number of benzene rings is 1. The van der Waals surface area contributed by atoms with E-state index in [1.807, 2.05) is 0 Å². The molecule has 1 fully saturated rings. The topological polar surface area (TPSA) is 87.3 Å². The average molecular weight is 422 g/mol. The molecule has 2 rings (SSSR count). The van der Waals surface area contributed by atoms with Gasteiger partial charge in [0, 0.05) is 6.54 Å². The molecule has 0 saturated carbocycles. The molecule has 0 bridgehead atoms. The fourth-order valence-corrected chi connectivity index (χ4v) is 4.49. The zero-order valence-electron chi connectivity index (χ0n) is 15.7. The van der Waals surface area contributed by atoms with Gasteiger partial charge in [0.05, 0.1) is 0 Å². The smallest absolute Gasteiger partial charge is 0.244 e. The molecule has 2 atom stereocenters. The van der Waals surface area contributed by atoms with E-state index in [0.717, 1.165) is 38.4 Å². The lowest BCUT2D eigenvalue weighted by Gasteiger charge is -2.24. The van der Waals surface area contributed by atoms with Crippen LogP contribution in [0.5, 0.6) is 0 Å². The minimum absolute atomic E-state index is 0. The van der Waals surface area contributed by atoms with Crippen molar-refractivity contribution in [2.75, 3.05) is 19.6 Å². The fraction of sp³-hybridized carbons (Fsp3) is 0.611. The van der Waals surface area contributed by atoms with E-state index in [1.54, 1.807) is 13.8 Å². The van der Waals surface area contributed by atoms with Crippen LogP contribution in [0.1, 0.15) is 33.1 Å². The van der Waals surface area contributed by atoms with Crippen molar-refractivity contribution in [3.8, 4) is 0 Å². The molecular formula is C18H29ClFN3O3S. The molecule has 6 nitrogen and oxygen atoms in total. The lowest BCUT2D eigenvalue weighted by atomic mass is 9.96. The van der Waals surface area contributed by atoms with Crippen molar-refractivity contribution < 1.29 is 17.6 Å². The van der Waals surface area contributed by atoms with Crippen LogP contribution in [0.15, 0.2) is 29.2 Å². The number of rotatable bonds is 8. The standard InChI is InChI=1S/C18H28FN3O3S.ClH/c1-13(2)17(18(23)21-11-9-14-6-5-10-20-12-14)22-26(24,25)16-8-4-3-7-15(16)19;/h3-4,7-8,13-14,17,20,22H,5-6,9-12H2,1-2H3,(H,21,23);1H. The summed E-state index contributed by atoms with van der Waals surface area (Å²) in [5, 5.41) is 6.14. The van der Waals surface area contributed by atoms with Gasteiger partial charge in [-0.25, -0.2) is 12.8 Å². The summed E-state index contributed by atoms with van der Waals surface area (Å²) < 4.78 is 41.1. The van der Waals surface area contributed by atoms with Crippen molar-refractivity contribution in [3.05, 3.63) is 30.1 Å². The van der Waals surface area contributed by atoms with Crippen molar-refractivity contribution in [1.29, 1.82) is 0 Å². The van der Waals surface area contributed by atoms with Gasteiger partial charge in [-0.1, -0.05) is 26.0 Å². The van der Waals surface area contributed by atoms with Crippen LogP contribution in [0.25, 0.3) is 0 Å². The molecule has 2 unspecified atom stereocenters. The Bertz CT molecular complexity index is 710. The number of carbonyl (C=O) groups is 1. The highest BCUT2D eigenvalue weighted by atomic mass is 35.5. The molecule has 27 heavy (non-hydrogen) atoms. The van der Waals surface area contributed by atoms with E-state index in [1.165, 1.54) is 18.2 Å². The molecule has 0 aromatic heterocycles. The van der Waals surface area contributed by atoms with E-state index in [0.29, 0.717) is 12.5 Å². The molecule has 0 spiro atoms. The maximum absolute atomic E-state index is 13.8. The van der Waals surface area contributed by atoms with Crippen LogP contribution in [-0.2, 0) is 14.8 Å². The number of hydrogen-bond acceptors (Lipinski definition) is 4. The number of amides is 1. The van der Waals surface area contributed by atoms with Crippen molar-refractivity contribution >= 4 is 28.3 Å². The zero-order chi connectivity index (χ0) is 19.2. The number of halogens is 2. The Morgan fingerprint density at radius 3 is 2.63 bits per heavy atom. The number of sulfonamides is 1. The summed E-state index contributed by atoms with van der Waals surface area (Å²) in [7, 11) is -4.12. The van der Waals surface area contributed by atoms with E-state index in [2.05, 4.69) is 15.4 Å². The summed E-state index contributed by atoms with van der Waals surface area (Å²) in [6.07, 6.45) is 3.12. The molecule has 1 aromatic rings. The lowest BCUT2D eigenvalue weighted by Crippen LogP contribution is -2.50. The third-order valence-corrected chi connectivity index (χ3v) is 6.08. The Kier molecular flexibility index (Phi) is 9.66. The van der Waals surface area contributed by atoms with E-state index in [4.69, 9.17) is 0 Å². The molecule has 1 aliphatic heterocycles. The monoisotopic (exact) mass is 421 g/mol. The van der Waals surface area contributed by atoms with Crippen LogP contribution in [0.4, 0.5) is 4.39 Å². The van der Waals surface area contributed by atoms with E-state index < -0.39 is 26.8 Å². The summed E-state index contributed by atoms with van der Waals surface area (Å²) in [5.41, 5.74) is 0. The summed E-state index contributed by atoms with van der Waals surface area (Å²) in [6.45, 7) is 5.98. The summed E-state index contributed by atoms with van der Waals surface area (Å²) in [6, 6.07) is 4.17. The van der Waals surface area contributed by atoms with Crippen LogP contribution in [0.3, 0.4) is 0 Å². The van der Waals surface area contributed by atoms with Crippen LogP contribution >= 0.6 is 12.4 Å². The molecule has 1 saturated heterocycles. The number of carbonyl (C=O) groups excluding carboxylic acids is 1. The molecular weight excluding hydrogens is 393 g/mol. The second-order valence-corrected chi connectivity index (χ2v) is 8.75. The van der Waals surface area contributed by atoms with Crippen molar-refractivity contribution in [2.45, 2.75) is 44.0 Å². The predicted molar refractivity (Wildman–Crippen MR) is 106 cm³/mol. The van der Waals surface area contributed by atoms with Gasteiger partial charge in [-0.2, -0.15) is 4.72 Å². The normalized spacial score (nSPS) is 18.6. The zero-order valence-corrected chi connectivity index (χ0v) is 17.3.